The molecular weight excluding hydrogens is 416 g/mol. The summed E-state index contributed by atoms with van der Waals surface area (Å²) < 4.78 is 34.4. The average Bonchev–Trinajstić information content (AvgIpc) is 3.28. The van der Waals surface area contributed by atoms with Gasteiger partial charge in [0, 0.05) is 25.7 Å². The van der Waals surface area contributed by atoms with Gasteiger partial charge in [-0.05, 0) is 64.6 Å². The molecule has 2 heterocycles. The molecular formula is C23H26N2O3S2. The predicted molar refractivity (Wildman–Crippen MR) is 121 cm³/mol. The van der Waals surface area contributed by atoms with Crippen molar-refractivity contribution in [3.8, 4) is 5.75 Å². The molecule has 0 aliphatic carbocycles. The molecule has 0 amide bonds. The van der Waals surface area contributed by atoms with Crippen molar-refractivity contribution in [2.45, 2.75) is 30.8 Å². The second-order valence-electron chi connectivity index (χ2n) is 7.57. The zero-order valence-corrected chi connectivity index (χ0v) is 18.8. The molecule has 0 saturated heterocycles. The van der Waals surface area contributed by atoms with E-state index >= 15 is 0 Å². The fourth-order valence-electron chi connectivity index (χ4n) is 3.97. The first-order valence-electron chi connectivity index (χ1n) is 9.95. The Kier molecular flexibility index (Phi) is 6.24. The van der Waals surface area contributed by atoms with Gasteiger partial charge in [-0.25, -0.2) is 13.1 Å². The number of nitrogens with zero attached hydrogens (tertiary/aromatic N) is 1. The molecule has 158 valence electrons. The number of fused-ring (bicyclic) bond motifs is 1. The third-order valence-electron chi connectivity index (χ3n) is 5.60. The molecule has 0 fully saturated rings. The molecule has 5 nitrogen and oxygen atoms in total. The lowest BCUT2D eigenvalue weighted by Crippen LogP contribution is -2.40. The van der Waals surface area contributed by atoms with E-state index in [0.29, 0.717) is 12.3 Å². The standard InChI is InChI=1S/C23H26N2O3S2/c1-17-7-8-22(28-2)23(13-17)30(26,27)24-14-21(20-10-12-29-16-20)25-11-9-18-5-3-4-6-19(18)15-25/h3-8,10,12-13,16,21,24H,9,11,14-15H2,1-2H3. The Morgan fingerprint density at radius 2 is 1.97 bits per heavy atom. The number of sulfonamides is 1. The minimum Gasteiger partial charge on any atom is -0.495 e. The van der Waals surface area contributed by atoms with E-state index in [-0.39, 0.29) is 10.9 Å². The molecule has 1 aliphatic rings. The van der Waals surface area contributed by atoms with E-state index in [9.17, 15) is 8.42 Å². The van der Waals surface area contributed by atoms with Crippen LogP contribution in [-0.4, -0.2) is 33.5 Å². The number of hydrogen-bond donors (Lipinski definition) is 1. The van der Waals surface area contributed by atoms with Crippen molar-refractivity contribution in [3.63, 3.8) is 0 Å². The molecule has 1 unspecified atom stereocenters. The lowest BCUT2D eigenvalue weighted by molar-refractivity contribution is 0.180. The van der Waals surface area contributed by atoms with Gasteiger partial charge in [-0.1, -0.05) is 30.3 Å². The van der Waals surface area contributed by atoms with Gasteiger partial charge < -0.3 is 4.74 Å². The first kappa shape index (κ1) is 21.1. The van der Waals surface area contributed by atoms with Crippen LogP contribution in [0.5, 0.6) is 5.75 Å². The molecule has 1 N–H and O–H groups in total. The van der Waals surface area contributed by atoms with Crippen LogP contribution in [0.1, 0.15) is 28.3 Å². The summed E-state index contributed by atoms with van der Waals surface area (Å²) in [6.45, 7) is 3.88. The largest absolute Gasteiger partial charge is 0.495 e. The summed E-state index contributed by atoms with van der Waals surface area (Å²) in [5, 5.41) is 4.14. The van der Waals surface area contributed by atoms with E-state index in [2.05, 4.69) is 45.3 Å². The Balaban J connectivity index is 1.58. The van der Waals surface area contributed by atoms with Crippen molar-refractivity contribution >= 4 is 21.4 Å². The van der Waals surface area contributed by atoms with Crippen LogP contribution in [-0.2, 0) is 23.0 Å². The van der Waals surface area contributed by atoms with Gasteiger partial charge in [0.2, 0.25) is 10.0 Å². The van der Waals surface area contributed by atoms with Crippen molar-refractivity contribution in [2.75, 3.05) is 20.2 Å². The van der Waals surface area contributed by atoms with Gasteiger partial charge in [0.15, 0.2) is 0 Å². The minimum absolute atomic E-state index is 0.0322. The number of benzene rings is 2. The monoisotopic (exact) mass is 442 g/mol. The van der Waals surface area contributed by atoms with E-state index in [4.69, 9.17) is 4.74 Å². The fraction of sp³-hybridized carbons (Fsp3) is 0.304. The van der Waals surface area contributed by atoms with E-state index in [1.54, 1.807) is 23.5 Å². The zero-order chi connectivity index (χ0) is 21.1. The third-order valence-corrected chi connectivity index (χ3v) is 7.75. The molecule has 0 spiro atoms. The molecule has 7 heteroatoms. The first-order valence-corrected chi connectivity index (χ1v) is 12.4. The van der Waals surface area contributed by atoms with Crippen molar-refractivity contribution < 1.29 is 13.2 Å². The Bertz CT molecular complexity index is 1110. The van der Waals surface area contributed by atoms with Crippen LogP contribution in [0.3, 0.4) is 0 Å². The lowest BCUT2D eigenvalue weighted by atomic mass is 9.97. The Hall–Kier alpha value is -2.19. The summed E-state index contributed by atoms with van der Waals surface area (Å²) in [5.41, 5.74) is 4.70. The van der Waals surface area contributed by atoms with E-state index in [1.807, 2.05) is 18.4 Å². The van der Waals surface area contributed by atoms with Gasteiger partial charge in [0.25, 0.3) is 0 Å². The van der Waals surface area contributed by atoms with E-state index in [0.717, 1.165) is 30.6 Å². The summed E-state index contributed by atoms with van der Waals surface area (Å²) in [6.07, 6.45) is 0.968. The molecule has 1 aromatic heterocycles. The highest BCUT2D eigenvalue weighted by molar-refractivity contribution is 7.89. The molecule has 2 aromatic carbocycles. The SMILES string of the molecule is COc1ccc(C)cc1S(=O)(=O)NCC(c1ccsc1)N1CCc2ccccc2C1. The number of ether oxygens (including phenoxy) is 1. The molecule has 0 bridgehead atoms. The van der Waals surface area contributed by atoms with Gasteiger partial charge in [0.05, 0.1) is 7.11 Å². The highest BCUT2D eigenvalue weighted by Gasteiger charge is 2.28. The topological polar surface area (TPSA) is 58.6 Å². The normalized spacial score (nSPS) is 15.5. The van der Waals surface area contributed by atoms with Gasteiger partial charge in [-0.15, -0.1) is 0 Å². The van der Waals surface area contributed by atoms with Gasteiger partial charge >= 0.3 is 0 Å². The van der Waals surface area contributed by atoms with Crippen LogP contribution < -0.4 is 9.46 Å². The molecule has 1 aliphatic heterocycles. The molecule has 0 radical (unpaired) electrons. The number of hydrogen-bond acceptors (Lipinski definition) is 5. The molecule has 0 saturated carbocycles. The van der Waals surface area contributed by atoms with Crippen LogP contribution in [0.15, 0.2) is 64.2 Å². The Morgan fingerprint density at radius 3 is 2.70 bits per heavy atom. The van der Waals surface area contributed by atoms with Crippen molar-refractivity contribution in [1.29, 1.82) is 0 Å². The predicted octanol–water partition coefficient (Wildman–Crippen LogP) is 4.14. The van der Waals surface area contributed by atoms with Gasteiger partial charge in [-0.2, -0.15) is 11.3 Å². The maximum Gasteiger partial charge on any atom is 0.244 e. The summed E-state index contributed by atoms with van der Waals surface area (Å²) in [5.74, 6) is 0.354. The number of aryl methyl sites for hydroxylation is 1. The smallest absolute Gasteiger partial charge is 0.244 e. The number of nitrogens with one attached hydrogen (secondary N) is 1. The van der Waals surface area contributed by atoms with Crippen LogP contribution in [0.2, 0.25) is 0 Å². The summed E-state index contributed by atoms with van der Waals surface area (Å²) in [7, 11) is -2.22. The van der Waals surface area contributed by atoms with Crippen molar-refractivity contribution in [3.05, 3.63) is 81.5 Å². The first-order chi connectivity index (χ1) is 14.5. The van der Waals surface area contributed by atoms with Crippen LogP contribution in [0.4, 0.5) is 0 Å². The maximum atomic E-state index is 13.1. The maximum absolute atomic E-state index is 13.1. The van der Waals surface area contributed by atoms with E-state index < -0.39 is 10.0 Å². The number of thiophene rings is 1. The van der Waals surface area contributed by atoms with Crippen molar-refractivity contribution in [2.24, 2.45) is 0 Å². The molecule has 3 aromatic rings. The van der Waals surface area contributed by atoms with Crippen molar-refractivity contribution in [1.82, 2.24) is 9.62 Å². The highest BCUT2D eigenvalue weighted by atomic mass is 32.2. The quantitative estimate of drug-likeness (QED) is 0.597. The third kappa shape index (κ3) is 4.44. The summed E-state index contributed by atoms with van der Waals surface area (Å²) in [6, 6.07) is 15.7. The molecule has 4 rings (SSSR count). The Morgan fingerprint density at radius 1 is 1.17 bits per heavy atom. The summed E-state index contributed by atoms with van der Waals surface area (Å²) >= 11 is 1.63. The summed E-state index contributed by atoms with van der Waals surface area (Å²) in [4.78, 5) is 2.54. The number of methoxy groups -OCH3 is 1. The molecule has 1 atom stereocenters. The minimum atomic E-state index is -3.71. The zero-order valence-electron chi connectivity index (χ0n) is 17.2. The second-order valence-corrected chi connectivity index (χ2v) is 10.1. The fourth-order valence-corrected chi connectivity index (χ4v) is 5.96. The van der Waals surface area contributed by atoms with Gasteiger partial charge in [0.1, 0.15) is 10.6 Å². The van der Waals surface area contributed by atoms with E-state index in [1.165, 1.54) is 18.2 Å². The van der Waals surface area contributed by atoms with Crippen LogP contribution in [0.25, 0.3) is 0 Å². The molecule has 30 heavy (non-hydrogen) atoms. The lowest BCUT2D eigenvalue weighted by Gasteiger charge is -2.35. The second kappa shape index (κ2) is 8.89. The highest BCUT2D eigenvalue weighted by Crippen LogP contribution is 2.30. The average molecular weight is 443 g/mol. The Labute approximate surface area is 182 Å². The van der Waals surface area contributed by atoms with Crippen LogP contribution >= 0.6 is 11.3 Å². The van der Waals surface area contributed by atoms with Gasteiger partial charge in [-0.3, -0.25) is 4.90 Å². The number of rotatable bonds is 7. The van der Waals surface area contributed by atoms with Crippen LogP contribution in [0, 0.1) is 6.92 Å².